The minimum Gasteiger partial charge on any atom is -0.308 e. The van der Waals surface area contributed by atoms with Crippen molar-refractivity contribution in [3.05, 3.63) is 0 Å². The molecule has 0 fully saturated rings. The molecule has 2 atom stereocenters. The van der Waals surface area contributed by atoms with E-state index in [1.807, 2.05) is 0 Å². The first-order valence-corrected chi connectivity index (χ1v) is 8.76. The molecule has 20 heavy (non-hydrogen) atoms. The third kappa shape index (κ3) is 6.13. The number of hydrogen-bond acceptors (Lipinski definition) is 2. The minimum atomic E-state index is 0.149. The van der Waals surface area contributed by atoms with Gasteiger partial charge in [0.25, 0.3) is 0 Å². The predicted molar refractivity (Wildman–Crippen MR) is 92.4 cm³/mol. The van der Waals surface area contributed by atoms with Crippen LogP contribution in [0.2, 0.25) is 0 Å². The molecule has 0 saturated carbocycles. The number of unbranched alkanes of at least 4 members (excludes halogenated alkanes) is 2. The first kappa shape index (κ1) is 19.9. The molecule has 2 nitrogen and oxygen atoms in total. The summed E-state index contributed by atoms with van der Waals surface area (Å²) in [7, 11) is 0. The fourth-order valence-corrected chi connectivity index (χ4v) is 3.35. The van der Waals surface area contributed by atoms with E-state index < -0.39 is 0 Å². The first-order chi connectivity index (χ1) is 9.20. The SMILES string of the molecule is CCCCC(C)(NC(C)C)C(C)(CCCC)NC(C)C. The molecule has 0 aromatic rings. The van der Waals surface area contributed by atoms with Crippen LogP contribution in [0.4, 0.5) is 0 Å². The van der Waals surface area contributed by atoms with Crippen LogP contribution >= 0.6 is 0 Å². The molecule has 0 aromatic heterocycles. The van der Waals surface area contributed by atoms with E-state index in [1.165, 1.54) is 38.5 Å². The quantitative estimate of drug-likeness (QED) is 0.565. The molecule has 122 valence electrons. The van der Waals surface area contributed by atoms with Crippen LogP contribution in [0.25, 0.3) is 0 Å². The van der Waals surface area contributed by atoms with E-state index in [1.54, 1.807) is 0 Å². The van der Waals surface area contributed by atoms with Gasteiger partial charge >= 0.3 is 0 Å². The average molecular weight is 285 g/mol. The number of nitrogens with one attached hydrogen (secondary N) is 2. The van der Waals surface area contributed by atoms with Gasteiger partial charge in [0.15, 0.2) is 0 Å². The Morgan fingerprint density at radius 1 is 0.700 bits per heavy atom. The smallest absolute Gasteiger partial charge is 0.0335 e. The largest absolute Gasteiger partial charge is 0.308 e. The summed E-state index contributed by atoms with van der Waals surface area (Å²) < 4.78 is 0. The highest BCUT2D eigenvalue weighted by Gasteiger charge is 2.43. The Bertz CT molecular complexity index is 224. The number of hydrogen-bond donors (Lipinski definition) is 2. The molecule has 0 radical (unpaired) electrons. The van der Waals surface area contributed by atoms with Crippen molar-refractivity contribution < 1.29 is 0 Å². The Morgan fingerprint density at radius 3 is 1.20 bits per heavy atom. The molecule has 0 aliphatic rings. The molecule has 0 amide bonds. The second kappa shape index (κ2) is 9.04. The minimum absolute atomic E-state index is 0.149. The lowest BCUT2D eigenvalue weighted by atomic mass is 9.72. The van der Waals surface area contributed by atoms with Gasteiger partial charge in [-0.25, -0.2) is 0 Å². The van der Waals surface area contributed by atoms with Crippen LogP contribution < -0.4 is 10.6 Å². The summed E-state index contributed by atoms with van der Waals surface area (Å²) in [5, 5.41) is 7.77. The molecule has 2 unspecified atom stereocenters. The molecule has 0 aliphatic carbocycles. The Hall–Kier alpha value is -0.0800. The van der Waals surface area contributed by atoms with Crippen molar-refractivity contribution in [2.24, 2.45) is 0 Å². The van der Waals surface area contributed by atoms with E-state index in [0.29, 0.717) is 12.1 Å². The molecule has 0 aliphatic heterocycles. The predicted octanol–water partition coefficient (Wildman–Crippen LogP) is 4.88. The summed E-state index contributed by atoms with van der Waals surface area (Å²) in [5.74, 6) is 0. The monoisotopic (exact) mass is 284 g/mol. The third-order valence-corrected chi connectivity index (χ3v) is 4.49. The maximum Gasteiger partial charge on any atom is 0.0335 e. The van der Waals surface area contributed by atoms with Crippen LogP contribution in [0.5, 0.6) is 0 Å². The Labute approximate surface area is 128 Å². The van der Waals surface area contributed by atoms with Crippen molar-refractivity contribution in [2.45, 2.75) is 117 Å². The standard InChI is InChI=1S/C18H40N2/c1-9-11-13-17(7,19-15(3)4)18(8,14-12-10-2)20-16(5)6/h15-16,19-20H,9-14H2,1-8H3. The Morgan fingerprint density at radius 2 is 1.00 bits per heavy atom. The van der Waals surface area contributed by atoms with Crippen molar-refractivity contribution in [1.82, 2.24) is 10.6 Å². The van der Waals surface area contributed by atoms with Crippen molar-refractivity contribution in [1.29, 1.82) is 0 Å². The van der Waals surface area contributed by atoms with Crippen LogP contribution in [-0.4, -0.2) is 23.2 Å². The molecule has 2 N–H and O–H groups in total. The van der Waals surface area contributed by atoms with Crippen LogP contribution in [0.15, 0.2) is 0 Å². The zero-order chi connectivity index (χ0) is 15.8. The van der Waals surface area contributed by atoms with E-state index in [9.17, 15) is 0 Å². The van der Waals surface area contributed by atoms with Crippen molar-refractivity contribution in [3.63, 3.8) is 0 Å². The lowest BCUT2D eigenvalue weighted by molar-refractivity contribution is 0.112. The number of rotatable bonds is 11. The highest BCUT2D eigenvalue weighted by atomic mass is 15.1. The molecule has 0 saturated heterocycles. The van der Waals surface area contributed by atoms with E-state index >= 15 is 0 Å². The second-order valence-electron chi connectivity index (χ2n) is 7.47. The highest BCUT2D eigenvalue weighted by molar-refractivity contribution is 5.06. The Balaban J connectivity index is 5.24. The summed E-state index contributed by atoms with van der Waals surface area (Å²) >= 11 is 0. The van der Waals surface area contributed by atoms with Gasteiger partial charge in [-0.05, 0) is 26.7 Å². The fourth-order valence-electron chi connectivity index (χ4n) is 3.35. The van der Waals surface area contributed by atoms with Crippen molar-refractivity contribution in [3.8, 4) is 0 Å². The average Bonchev–Trinajstić information content (AvgIpc) is 2.32. The van der Waals surface area contributed by atoms with Gasteiger partial charge in [-0.15, -0.1) is 0 Å². The zero-order valence-electron chi connectivity index (χ0n) is 15.4. The second-order valence-corrected chi connectivity index (χ2v) is 7.47. The molecule has 2 heteroatoms. The molecule has 0 spiro atoms. The van der Waals surface area contributed by atoms with Gasteiger partial charge in [0.1, 0.15) is 0 Å². The van der Waals surface area contributed by atoms with Gasteiger partial charge in [-0.1, -0.05) is 67.2 Å². The zero-order valence-corrected chi connectivity index (χ0v) is 15.4. The molecule has 0 aromatic carbocycles. The van der Waals surface area contributed by atoms with Gasteiger partial charge in [-0.3, -0.25) is 0 Å². The summed E-state index contributed by atoms with van der Waals surface area (Å²) in [4.78, 5) is 0. The van der Waals surface area contributed by atoms with Gasteiger partial charge in [0.05, 0.1) is 0 Å². The van der Waals surface area contributed by atoms with E-state index in [4.69, 9.17) is 0 Å². The fraction of sp³-hybridized carbons (Fsp3) is 1.00. The summed E-state index contributed by atoms with van der Waals surface area (Å²) in [5.41, 5.74) is 0.299. The van der Waals surface area contributed by atoms with E-state index in [2.05, 4.69) is 66.0 Å². The van der Waals surface area contributed by atoms with Crippen LogP contribution in [0.3, 0.4) is 0 Å². The van der Waals surface area contributed by atoms with Gasteiger partial charge in [0.2, 0.25) is 0 Å². The topological polar surface area (TPSA) is 24.1 Å². The maximum atomic E-state index is 3.88. The van der Waals surface area contributed by atoms with Gasteiger partial charge < -0.3 is 10.6 Å². The normalized spacial score (nSPS) is 18.3. The lowest BCUT2D eigenvalue weighted by Gasteiger charge is -2.50. The van der Waals surface area contributed by atoms with Gasteiger partial charge in [-0.2, -0.15) is 0 Å². The summed E-state index contributed by atoms with van der Waals surface area (Å²) in [6.45, 7) is 18.5. The molecular weight excluding hydrogens is 244 g/mol. The molecular formula is C18H40N2. The first-order valence-electron chi connectivity index (χ1n) is 8.76. The van der Waals surface area contributed by atoms with Crippen LogP contribution in [0, 0.1) is 0 Å². The van der Waals surface area contributed by atoms with Crippen molar-refractivity contribution >= 4 is 0 Å². The summed E-state index contributed by atoms with van der Waals surface area (Å²) in [6, 6.07) is 1.04. The molecule has 0 bridgehead atoms. The lowest BCUT2D eigenvalue weighted by Crippen LogP contribution is -2.68. The Kier molecular flexibility index (Phi) is 9.01. The van der Waals surface area contributed by atoms with Crippen LogP contribution in [-0.2, 0) is 0 Å². The summed E-state index contributed by atoms with van der Waals surface area (Å²) in [6.07, 6.45) is 7.58. The third-order valence-electron chi connectivity index (χ3n) is 4.49. The van der Waals surface area contributed by atoms with Crippen molar-refractivity contribution in [2.75, 3.05) is 0 Å². The van der Waals surface area contributed by atoms with Gasteiger partial charge in [0, 0.05) is 23.2 Å². The molecule has 0 rings (SSSR count). The highest BCUT2D eigenvalue weighted by Crippen LogP contribution is 2.33. The maximum absolute atomic E-state index is 3.88. The van der Waals surface area contributed by atoms with E-state index in [-0.39, 0.29) is 11.1 Å². The van der Waals surface area contributed by atoms with Crippen LogP contribution in [0.1, 0.15) is 93.9 Å². The molecule has 0 heterocycles. The van der Waals surface area contributed by atoms with E-state index in [0.717, 1.165) is 0 Å².